The minimum atomic E-state index is -0.0399. The van der Waals surface area contributed by atoms with Crippen molar-refractivity contribution in [3.8, 4) is 0 Å². The SMILES string of the molecule is O=C(c1ccco1)N1CCC[C@H](c2nccn2Cc2ccncc2)C1. The summed E-state index contributed by atoms with van der Waals surface area (Å²) in [5.74, 6) is 1.64. The molecular weight excluding hydrogens is 316 g/mol. The van der Waals surface area contributed by atoms with Crippen LogP contribution in [-0.4, -0.2) is 38.4 Å². The van der Waals surface area contributed by atoms with Crippen LogP contribution in [0.5, 0.6) is 0 Å². The zero-order valence-corrected chi connectivity index (χ0v) is 13.9. The number of rotatable bonds is 4. The summed E-state index contributed by atoms with van der Waals surface area (Å²) < 4.78 is 7.43. The normalized spacial score (nSPS) is 17.6. The molecular formula is C19H20N4O2. The van der Waals surface area contributed by atoms with Crippen molar-refractivity contribution in [3.63, 3.8) is 0 Å². The lowest BCUT2D eigenvalue weighted by atomic mass is 9.96. The molecule has 0 N–H and O–H groups in total. The van der Waals surface area contributed by atoms with Crippen LogP contribution in [0.3, 0.4) is 0 Å². The first kappa shape index (κ1) is 15.6. The third-order valence-electron chi connectivity index (χ3n) is 4.66. The Kier molecular flexibility index (Phi) is 4.33. The maximum absolute atomic E-state index is 12.5. The van der Waals surface area contributed by atoms with Crippen LogP contribution in [0.1, 0.15) is 40.7 Å². The number of aromatic nitrogens is 3. The molecule has 0 radical (unpaired) electrons. The van der Waals surface area contributed by atoms with Crippen LogP contribution in [0.15, 0.2) is 59.7 Å². The Morgan fingerprint density at radius 2 is 2.12 bits per heavy atom. The topological polar surface area (TPSA) is 64.2 Å². The number of pyridine rings is 1. The van der Waals surface area contributed by atoms with Gasteiger partial charge in [0.15, 0.2) is 5.76 Å². The van der Waals surface area contributed by atoms with Gasteiger partial charge < -0.3 is 13.9 Å². The Hall–Kier alpha value is -2.89. The van der Waals surface area contributed by atoms with E-state index in [0.29, 0.717) is 12.3 Å². The fourth-order valence-corrected chi connectivity index (χ4v) is 3.43. The molecule has 3 aromatic heterocycles. The predicted molar refractivity (Wildman–Crippen MR) is 92.2 cm³/mol. The Morgan fingerprint density at radius 1 is 1.24 bits per heavy atom. The first-order valence-corrected chi connectivity index (χ1v) is 8.54. The summed E-state index contributed by atoms with van der Waals surface area (Å²) in [6, 6.07) is 7.49. The number of likely N-dealkylation sites (tertiary alicyclic amines) is 1. The number of imidazole rings is 1. The highest BCUT2D eigenvalue weighted by molar-refractivity contribution is 5.91. The number of amides is 1. The number of nitrogens with zero attached hydrogens (tertiary/aromatic N) is 4. The van der Waals surface area contributed by atoms with E-state index in [1.807, 2.05) is 29.4 Å². The third-order valence-corrected chi connectivity index (χ3v) is 4.66. The fourth-order valence-electron chi connectivity index (χ4n) is 3.43. The molecule has 3 aromatic rings. The molecule has 0 aromatic carbocycles. The molecule has 1 aliphatic rings. The molecule has 0 bridgehead atoms. The molecule has 0 spiro atoms. The summed E-state index contributed by atoms with van der Waals surface area (Å²) in [4.78, 5) is 23.1. The van der Waals surface area contributed by atoms with E-state index in [4.69, 9.17) is 4.42 Å². The minimum Gasteiger partial charge on any atom is -0.459 e. The van der Waals surface area contributed by atoms with Gasteiger partial charge in [0.1, 0.15) is 5.82 Å². The maximum Gasteiger partial charge on any atom is 0.289 e. The molecule has 0 unspecified atom stereocenters. The van der Waals surface area contributed by atoms with E-state index in [9.17, 15) is 4.79 Å². The van der Waals surface area contributed by atoms with E-state index < -0.39 is 0 Å². The Balaban J connectivity index is 1.50. The highest BCUT2D eigenvalue weighted by atomic mass is 16.3. The van der Waals surface area contributed by atoms with Gasteiger partial charge in [-0.1, -0.05) is 0 Å². The molecule has 1 aliphatic heterocycles. The summed E-state index contributed by atoms with van der Waals surface area (Å²) in [6.45, 7) is 2.20. The number of hydrogen-bond acceptors (Lipinski definition) is 4. The van der Waals surface area contributed by atoms with Crippen molar-refractivity contribution < 1.29 is 9.21 Å². The van der Waals surface area contributed by atoms with Gasteiger partial charge in [0, 0.05) is 50.3 Å². The van der Waals surface area contributed by atoms with Gasteiger partial charge >= 0.3 is 0 Å². The van der Waals surface area contributed by atoms with E-state index in [1.54, 1.807) is 24.5 Å². The quantitative estimate of drug-likeness (QED) is 0.735. The molecule has 0 saturated carbocycles. The number of hydrogen-bond donors (Lipinski definition) is 0. The van der Waals surface area contributed by atoms with Gasteiger partial charge in [-0.2, -0.15) is 0 Å². The molecule has 4 rings (SSSR count). The largest absolute Gasteiger partial charge is 0.459 e. The Bertz CT molecular complexity index is 826. The average Bonchev–Trinajstić information content (AvgIpc) is 3.34. The molecule has 25 heavy (non-hydrogen) atoms. The fraction of sp³-hybridized carbons (Fsp3) is 0.316. The lowest BCUT2D eigenvalue weighted by molar-refractivity contribution is 0.0671. The van der Waals surface area contributed by atoms with E-state index >= 15 is 0 Å². The summed E-state index contributed by atoms with van der Waals surface area (Å²) in [6.07, 6.45) is 11.0. The van der Waals surface area contributed by atoms with Crippen LogP contribution in [0.2, 0.25) is 0 Å². The molecule has 6 nitrogen and oxygen atoms in total. The summed E-state index contributed by atoms with van der Waals surface area (Å²) in [5.41, 5.74) is 1.19. The Labute approximate surface area is 146 Å². The van der Waals surface area contributed by atoms with Gasteiger partial charge in [0.05, 0.1) is 6.26 Å². The maximum atomic E-state index is 12.5. The molecule has 1 fully saturated rings. The summed E-state index contributed by atoms with van der Waals surface area (Å²) >= 11 is 0. The van der Waals surface area contributed by atoms with Gasteiger partial charge in [-0.15, -0.1) is 0 Å². The van der Waals surface area contributed by atoms with Crippen molar-refractivity contribution in [2.75, 3.05) is 13.1 Å². The predicted octanol–water partition coefficient (Wildman–Crippen LogP) is 2.94. The van der Waals surface area contributed by atoms with Crippen LogP contribution in [0.4, 0.5) is 0 Å². The van der Waals surface area contributed by atoms with Gasteiger partial charge in [-0.3, -0.25) is 9.78 Å². The summed E-state index contributed by atoms with van der Waals surface area (Å²) in [7, 11) is 0. The first-order valence-electron chi connectivity index (χ1n) is 8.54. The highest BCUT2D eigenvalue weighted by Gasteiger charge is 2.28. The second kappa shape index (κ2) is 6.93. The van der Waals surface area contributed by atoms with Gasteiger partial charge in [-0.05, 0) is 42.7 Å². The van der Waals surface area contributed by atoms with Crippen LogP contribution in [0, 0.1) is 0 Å². The van der Waals surface area contributed by atoms with Crippen LogP contribution >= 0.6 is 0 Å². The van der Waals surface area contributed by atoms with E-state index in [0.717, 1.165) is 31.8 Å². The van der Waals surface area contributed by atoms with Gasteiger partial charge in [0.2, 0.25) is 0 Å². The average molecular weight is 336 g/mol. The van der Waals surface area contributed by atoms with E-state index in [-0.39, 0.29) is 11.8 Å². The number of carbonyl (C=O) groups excluding carboxylic acids is 1. The molecule has 128 valence electrons. The second-order valence-electron chi connectivity index (χ2n) is 6.34. The molecule has 1 saturated heterocycles. The van der Waals surface area contributed by atoms with Crippen molar-refractivity contribution >= 4 is 5.91 Å². The smallest absolute Gasteiger partial charge is 0.289 e. The number of furan rings is 1. The van der Waals surface area contributed by atoms with Crippen LogP contribution in [0.25, 0.3) is 0 Å². The third kappa shape index (κ3) is 3.33. The standard InChI is InChI=1S/C19H20N4O2/c24-19(17-4-2-12-25-17)23-10-1-3-16(14-23)18-21-9-11-22(18)13-15-5-7-20-8-6-15/h2,4-9,11-12,16H,1,3,10,13-14H2/t16-/m0/s1. The first-order chi connectivity index (χ1) is 12.3. The van der Waals surface area contributed by atoms with Crippen molar-refractivity contribution in [1.29, 1.82) is 0 Å². The molecule has 1 atom stereocenters. The molecule has 0 aliphatic carbocycles. The molecule has 6 heteroatoms. The number of piperidine rings is 1. The zero-order chi connectivity index (χ0) is 17.1. The van der Waals surface area contributed by atoms with E-state index in [1.165, 1.54) is 11.8 Å². The monoisotopic (exact) mass is 336 g/mol. The highest BCUT2D eigenvalue weighted by Crippen LogP contribution is 2.27. The zero-order valence-electron chi connectivity index (χ0n) is 13.9. The lowest BCUT2D eigenvalue weighted by Gasteiger charge is -2.32. The van der Waals surface area contributed by atoms with Crippen molar-refractivity contribution in [2.45, 2.75) is 25.3 Å². The minimum absolute atomic E-state index is 0.0399. The number of carbonyl (C=O) groups is 1. The second-order valence-corrected chi connectivity index (χ2v) is 6.34. The Morgan fingerprint density at radius 3 is 2.92 bits per heavy atom. The van der Waals surface area contributed by atoms with Crippen LogP contribution < -0.4 is 0 Å². The molecule has 1 amide bonds. The van der Waals surface area contributed by atoms with E-state index in [2.05, 4.69) is 14.5 Å². The van der Waals surface area contributed by atoms with Gasteiger partial charge in [-0.25, -0.2) is 4.98 Å². The van der Waals surface area contributed by atoms with Crippen molar-refractivity contribution in [3.05, 3.63) is 72.5 Å². The summed E-state index contributed by atoms with van der Waals surface area (Å²) in [5, 5.41) is 0. The molecule has 4 heterocycles. The van der Waals surface area contributed by atoms with Crippen LogP contribution in [-0.2, 0) is 6.54 Å². The lowest BCUT2D eigenvalue weighted by Crippen LogP contribution is -2.39. The van der Waals surface area contributed by atoms with Crippen molar-refractivity contribution in [1.82, 2.24) is 19.4 Å². The van der Waals surface area contributed by atoms with Crippen molar-refractivity contribution in [2.24, 2.45) is 0 Å². The van der Waals surface area contributed by atoms with Gasteiger partial charge in [0.25, 0.3) is 5.91 Å².